The van der Waals surface area contributed by atoms with Crippen molar-refractivity contribution in [1.82, 2.24) is 0 Å². The molecule has 1 radical (unpaired) electrons. The lowest BCUT2D eigenvalue weighted by molar-refractivity contribution is 0.962. The third kappa shape index (κ3) is 1.86. The van der Waals surface area contributed by atoms with Gasteiger partial charge in [0, 0.05) is 4.47 Å². The van der Waals surface area contributed by atoms with Crippen molar-refractivity contribution in [2.24, 2.45) is 0 Å². The highest BCUT2D eigenvalue weighted by molar-refractivity contribution is 9.10. The minimum atomic E-state index is 0.258. The van der Waals surface area contributed by atoms with Gasteiger partial charge in [0.1, 0.15) is 6.07 Å². The van der Waals surface area contributed by atoms with Gasteiger partial charge in [0.05, 0.1) is 5.56 Å². The summed E-state index contributed by atoms with van der Waals surface area (Å²) >= 11 is 3.33. The number of hydrogen-bond donors (Lipinski definition) is 0. The molecule has 1 unspecified atom stereocenters. The van der Waals surface area contributed by atoms with Gasteiger partial charge in [-0.1, -0.05) is 13.0 Å². The van der Waals surface area contributed by atoms with E-state index < -0.39 is 0 Å². The highest BCUT2D eigenvalue weighted by Crippen LogP contribution is 2.22. The zero-order valence-electron chi connectivity index (χ0n) is 6.84. The molecule has 1 nitrogen and oxygen atoms in total. The summed E-state index contributed by atoms with van der Waals surface area (Å²) in [5.74, 6) is 0.258. The van der Waals surface area contributed by atoms with Gasteiger partial charge in [-0.15, -0.1) is 0 Å². The van der Waals surface area contributed by atoms with Gasteiger partial charge >= 0.3 is 0 Å². The first-order valence-corrected chi connectivity index (χ1v) is 4.47. The number of nitrogens with zero attached hydrogens (tertiary/aromatic N) is 1. The van der Waals surface area contributed by atoms with Crippen LogP contribution in [0, 0.1) is 18.3 Å². The lowest BCUT2D eigenvalue weighted by atomic mass is 10.0. The summed E-state index contributed by atoms with van der Waals surface area (Å²) in [6.07, 6.45) is 0. The maximum absolute atomic E-state index is 8.65. The second-order valence-electron chi connectivity index (χ2n) is 2.75. The average Bonchev–Trinajstić information content (AvgIpc) is 2.04. The maximum Gasteiger partial charge on any atom is 0.100 e. The first-order chi connectivity index (χ1) is 5.65. The Labute approximate surface area is 81.2 Å². The molecule has 1 aromatic carbocycles. The van der Waals surface area contributed by atoms with Gasteiger partial charge in [0.2, 0.25) is 0 Å². The summed E-state index contributed by atoms with van der Waals surface area (Å²) in [4.78, 5) is 0. The molecule has 0 heterocycles. The molecular weight excluding hydrogens is 214 g/mol. The Morgan fingerprint density at radius 3 is 2.67 bits per heavy atom. The molecule has 0 spiro atoms. The second kappa shape index (κ2) is 3.73. The Balaban J connectivity index is 3.12. The van der Waals surface area contributed by atoms with Gasteiger partial charge in [0.25, 0.3) is 0 Å². The molecule has 0 saturated heterocycles. The molecule has 0 bridgehead atoms. The van der Waals surface area contributed by atoms with E-state index in [2.05, 4.69) is 28.9 Å². The van der Waals surface area contributed by atoms with Crippen molar-refractivity contribution in [1.29, 1.82) is 5.26 Å². The van der Waals surface area contributed by atoms with E-state index in [-0.39, 0.29) is 5.92 Å². The van der Waals surface area contributed by atoms with E-state index in [4.69, 9.17) is 5.26 Å². The van der Waals surface area contributed by atoms with Crippen molar-refractivity contribution in [2.75, 3.05) is 0 Å². The summed E-state index contributed by atoms with van der Waals surface area (Å²) in [6, 6.07) is 7.77. The molecular formula is C10H9BrN. The van der Waals surface area contributed by atoms with Crippen molar-refractivity contribution < 1.29 is 0 Å². The molecule has 2 heteroatoms. The fourth-order valence-electron chi connectivity index (χ4n) is 0.929. The van der Waals surface area contributed by atoms with E-state index in [1.807, 2.05) is 19.1 Å². The quantitative estimate of drug-likeness (QED) is 0.716. The Bertz CT molecular complexity index is 323. The molecule has 1 aromatic rings. The molecule has 0 saturated carbocycles. The van der Waals surface area contributed by atoms with Crippen molar-refractivity contribution in [3.05, 3.63) is 40.7 Å². The van der Waals surface area contributed by atoms with Crippen molar-refractivity contribution in [3.8, 4) is 6.07 Å². The van der Waals surface area contributed by atoms with Gasteiger partial charge in [-0.05, 0) is 46.5 Å². The summed E-state index contributed by atoms with van der Waals surface area (Å²) < 4.78 is 0.845. The van der Waals surface area contributed by atoms with Crippen LogP contribution < -0.4 is 0 Å². The minimum Gasteiger partial charge on any atom is -0.192 e. The van der Waals surface area contributed by atoms with E-state index in [0.717, 1.165) is 10.0 Å². The molecule has 0 fully saturated rings. The van der Waals surface area contributed by atoms with Crippen LogP contribution in [0.3, 0.4) is 0 Å². The predicted molar refractivity (Wildman–Crippen MR) is 52.6 cm³/mol. The third-order valence-electron chi connectivity index (χ3n) is 1.68. The van der Waals surface area contributed by atoms with Crippen LogP contribution in [0.25, 0.3) is 0 Å². The largest absolute Gasteiger partial charge is 0.192 e. The molecule has 1 rings (SSSR count). The van der Waals surface area contributed by atoms with Gasteiger partial charge in [-0.3, -0.25) is 0 Å². The minimum absolute atomic E-state index is 0.258. The number of halogens is 1. The normalized spacial score (nSPS) is 9.92. The number of rotatable bonds is 1. The summed E-state index contributed by atoms with van der Waals surface area (Å²) in [7, 11) is 0. The molecule has 0 N–H and O–H groups in total. The standard InChI is InChI=1S/C10H9BrN/c1-7(2)8-3-4-9(6-12)10(11)5-8/h3-5,7H,1H2,2H3. The van der Waals surface area contributed by atoms with Crippen LogP contribution in [0.2, 0.25) is 0 Å². The molecule has 0 aromatic heterocycles. The lowest BCUT2D eigenvalue weighted by Gasteiger charge is -2.05. The van der Waals surface area contributed by atoms with Crippen molar-refractivity contribution >= 4 is 15.9 Å². The van der Waals surface area contributed by atoms with E-state index in [1.165, 1.54) is 0 Å². The fourth-order valence-corrected chi connectivity index (χ4v) is 1.41. The SMILES string of the molecule is [CH2]C(C)c1ccc(C#N)c(Br)c1. The third-order valence-corrected chi connectivity index (χ3v) is 2.34. The van der Waals surface area contributed by atoms with Crippen LogP contribution in [-0.2, 0) is 0 Å². The first-order valence-electron chi connectivity index (χ1n) is 3.67. The molecule has 61 valence electrons. The Morgan fingerprint density at radius 1 is 1.58 bits per heavy atom. The molecule has 12 heavy (non-hydrogen) atoms. The molecule has 0 amide bonds. The van der Waals surface area contributed by atoms with Crippen LogP contribution >= 0.6 is 15.9 Å². The highest BCUT2D eigenvalue weighted by atomic mass is 79.9. The number of nitriles is 1. The van der Waals surface area contributed by atoms with E-state index in [9.17, 15) is 0 Å². The van der Waals surface area contributed by atoms with Gasteiger partial charge in [-0.2, -0.15) is 5.26 Å². The smallest absolute Gasteiger partial charge is 0.100 e. The van der Waals surface area contributed by atoms with Crippen LogP contribution in [-0.4, -0.2) is 0 Å². The Kier molecular flexibility index (Phi) is 2.88. The zero-order valence-corrected chi connectivity index (χ0v) is 8.43. The molecule has 0 aliphatic carbocycles. The molecule has 0 aliphatic heterocycles. The Morgan fingerprint density at radius 2 is 2.25 bits per heavy atom. The van der Waals surface area contributed by atoms with Crippen molar-refractivity contribution in [3.63, 3.8) is 0 Å². The second-order valence-corrected chi connectivity index (χ2v) is 3.61. The summed E-state index contributed by atoms with van der Waals surface area (Å²) in [5, 5.41) is 8.65. The summed E-state index contributed by atoms with van der Waals surface area (Å²) in [6.45, 7) is 5.92. The maximum atomic E-state index is 8.65. The molecule has 1 atom stereocenters. The van der Waals surface area contributed by atoms with Crippen molar-refractivity contribution in [2.45, 2.75) is 12.8 Å². The van der Waals surface area contributed by atoms with Crippen LogP contribution in [0.1, 0.15) is 24.0 Å². The predicted octanol–water partition coefficient (Wildman–Crippen LogP) is 3.26. The van der Waals surface area contributed by atoms with Crippen LogP contribution in [0.15, 0.2) is 22.7 Å². The Hall–Kier alpha value is -0.810. The fraction of sp³-hybridized carbons (Fsp3) is 0.200. The van der Waals surface area contributed by atoms with E-state index in [0.29, 0.717) is 5.56 Å². The monoisotopic (exact) mass is 222 g/mol. The number of hydrogen-bond acceptors (Lipinski definition) is 1. The van der Waals surface area contributed by atoms with Crippen LogP contribution in [0.4, 0.5) is 0 Å². The van der Waals surface area contributed by atoms with E-state index in [1.54, 1.807) is 6.07 Å². The number of benzene rings is 1. The molecule has 0 aliphatic rings. The topological polar surface area (TPSA) is 23.8 Å². The van der Waals surface area contributed by atoms with Gasteiger partial charge in [-0.25, -0.2) is 0 Å². The summed E-state index contributed by atoms with van der Waals surface area (Å²) in [5.41, 5.74) is 1.81. The van der Waals surface area contributed by atoms with E-state index >= 15 is 0 Å². The first kappa shape index (κ1) is 9.28. The van der Waals surface area contributed by atoms with Gasteiger partial charge < -0.3 is 0 Å². The zero-order chi connectivity index (χ0) is 9.14. The highest BCUT2D eigenvalue weighted by Gasteiger charge is 2.02. The van der Waals surface area contributed by atoms with Gasteiger partial charge in [0.15, 0.2) is 0 Å². The van der Waals surface area contributed by atoms with Crippen LogP contribution in [0.5, 0.6) is 0 Å². The average molecular weight is 223 g/mol. The lowest BCUT2D eigenvalue weighted by Crippen LogP contribution is -1.88.